The van der Waals surface area contributed by atoms with Gasteiger partial charge in [0.2, 0.25) is 5.91 Å². The van der Waals surface area contributed by atoms with E-state index in [-0.39, 0.29) is 11.7 Å². The van der Waals surface area contributed by atoms with Crippen LogP contribution in [0.2, 0.25) is 0 Å². The van der Waals surface area contributed by atoms with Crippen LogP contribution < -0.4 is 5.32 Å². The third-order valence-electron chi connectivity index (χ3n) is 1.90. The van der Waals surface area contributed by atoms with Crippen LogP contribution in [0.15, 0.2) is 0 Å². The van der Waals surface area contributed by atoms with Crippen molar-refractivity contribution in [3.63, 3.8) is 0 Å². The summed E-state index contributed by atoms with van der Waals surface area (Å²) in [7, 11) is 0. The molecule has 0 aliphatic carbocycles. The van der Waals surface area contributed by atoms with Gasteiger partial charge in [0.05, 0.1) is 0 Å². The van der Waals surface area contributed by atoms with Crippen molar-refractivity contribution >= 4 is 23.5 Å². The smallest absolute Gasteiger partial charge is 0.220 e. The second kappa shape index (κ2) is 8.77. The fourth-order valence-corrected chi connectivity index (χ4v) is 1.77. The Hall–Kier alpha value is -0.510. The van der Waals surface area contributed by atoms with Crippen molar-refractivity contribution in [3.8, 4) is 0 Å². The van der Waals surface area contributed by atoms with Crippen LogP contribution in [0.5, 0.6) is 0 Å². The van der Waals surface area contributed by atoms with E-state index in [1.54, 1.807) is 11.8 Å². The molecular formula is C11H21NO2S. The fraction of sp³-hybridized carbons (Fsp3) is 0.818. The van der Waals surface area contributed by atoms with E-state index in [0.717, 1.165) is 5.75 Å². The summed E-state index contributed by atoms with van der Waals surface area (Å²) < 4.78 is 0. The number of hydrogen-bond acceptors (Lipinski definition) is 3. The maximum Gasteiger partial charge on any atom is 0.220 e. The molecule has 0 saturated heterocycles. The summed E-state index contributed by atoms with van der Waals surface area (Å²) >= 11 is 1.78. The topological polar surface area (TPSA) is 46.2 Å². The van der Waals surface area contributed by atoms with Crippen LogP contribution in [0.1, 0.15) is 40.0 Å². The van der Waals surface area contributed by atoms with E-state index in [1.165, 1.54) is 0 Å². The van der Waals surface area contributed by atoms with Crippen LogP contribution in [0, 0.1) is 0 Å². The van der Waals surface area contributed by atoms with Crippen LogP contribution >= 0.6 is 11.8 Å². The van der Waals surface area contributed by atoms with Crippen molar-refractivity contribution in [1.29, 1.82) is 0 Å². The maximum absolute atomic E-state index is 11.3. The van der Waals surface area contributed by atoms with Crippen LogP contribution in [0.4, 0.5) is 0 Å². The fourth-order valence-electron chi connectivity index (χ4n) is 0.994. The molecule has 4 heteroatoms. The average molecular weight is 231 g/mol. The van der Waals surface area contributed by atoms with Gasteiger partial charge in [0.25, 0.3) is 0 Å². The predicted octanol–water partition coefficient (Wildman–Crippen LogP) is 2.00. The number of nitrogens with one attached hydrogen (secondary N) is 1. The molecule has 0 unspecified atom stereocenters. The minimum Gasteiger partial charge on any atom is -0.356 e. The Morgan fingerprint density at radius 1 is 1.27 bits per heavy atom. The van der Waals surface area contributed by atoms with Crippen LogP contribution in [-0.2, 0) is 9.59 Å². The van der Waals surface area contributed by atoms with Gasteiger partial charge in [-0.25, -0.2) is 0 Å². The molecule has 0 aromatic heterocycles. The van der Waals surface area contributed by atoms with Crippen molar-refractivity contribution in [2.45, 2.75) is 45.3 Å². The van der Waals surface area contributed by atoms with E-state index in [4.69, 9.17) is 0 Å². The Kier molecular flexibility index (Phi) is 8.47. The number of hydrogen-bond donors (Lipinski definition) is 1. The molecule has 0 radical (unpaired) electrons. The highest BCUT2D eigenvalue weighted by Gasteiger charge is 2.03. The molecule has 0 saturated carbocycles. The normalized spacial score (nSPS) is 10.4. The predicted molar refractivity (Wildman–Crippen MR) is 65.1 cm³/mol. The minimum atomic E-state index is 0.0482. The van der Waals surface area contributed by atoms with Gasteiger partial charge in [-0.3, -0.25) is 9.59 Å². The highest BCUT2D eigenvalue weighted by molar-refractivity contribution is 7.99. The molecule has 0 atom stereocenters. The lowest BCUT2D eigenvalue weighted by atomic mass is 10.2. The second-order valence-corrected chi connectivity index (χ2v) is 5.35. The van der Waals surface area contributed by atoms with Gasteiger partial charge in [-0.15, -0.1) is 0 Å². The molecule has 3 nitrogen and oxygen atoms in total. The molecule has 1 amide bonds. The van der Waals surface area contributed by atoms with Gasteiger partial charge in [-0.2, -0.15) is 11.8 Å². The molecule has 0 aromatic carbocycles. The number of thioether (sulfide) groups is 1. The highest BCUT2D eigenvalue weighted by atomic mass is 32.2. The zero-order valence-electron chi connectivity index (χ0n) is 9.84. The van der Waals surface area contributed by atoms with E-state index in [2.05, 4.69) is 19.2 Å². The minimum absolute atomic E-state index is 0.0482. The molecule has 15 heavy (non-hydrogen) atoms. The van der Waals surface area contributed by atoms with Gasteiger partial charge in [-0.05, 0) is 5.25 Å². The van der Waals surface area contributed by atoms with Gasteiger partial charge in [0.15, 0.2) is 0 Å². The molecule has 1 N–H and O–H groups in total. The quantitative estimate of drug-likeness (QED) is 0.695. The Balaban J connectivity index is 3.37. The first-order valence-electron chi connectivity index (χ1n) is 5.46. The number of ketones is 1. The molecule has 0 bridgehead atoms. The van der Waals surface area contributed by atoms with Crippen molar-refractivity contribution in [1.82, 2.24) is 5.32 Å². The summed E-state index contributed by atoms with van der Waals surface area (Å²) in [4.78, 5) is 22.2. The molecule has 0 aliphatic heterocycles. The molecule has 0 rings (SSSR count). The zero-order chi connectivity index (χ0) is 11.7. The lowest BCUT2D eigenvalue weighted by molar-refractivity contribution is -0.121. The van der Waals surface area contributed by atoms with Crippen molar-refractivity contribution < 1.29 is 9.59 Å². The SMILES string of the molecule is CCC(=O)CCNC(=O)CCSC(C)C. The highest BCUT2D eigenvalue weighted by Crippen LogP contribution is 2.09. The summed E-state index contributed by atoms with van der Waals surface area (Å²) in [6, 6.07) is 0. The van der Waals surface area contributed by atoms with Crippen LogP contribution in [0.3, 0.4) is 0 Å². The summed E-state index contributed by atoms with van der Waals surface area (Å²) in [6.07, 6.45) is 1.56. The Morgan fingerprint density at radius 3 is 2.47 bits per heavy atom. The van der Waals surface area contributed by atoms with Crippen molar-refractivity contribution in [2.24, 2.45) is 0 Å². The van der Waals surface area contributed by atoms with E-state index in [9.17, 15) is 9.59 Å². The maximum atomic E-state index is 11.3. The van der Waals surface area contributed by atoms with E-state index < -0.39 is 0 Å². The third-order valence-corrected chi connectivity index (χ3v) is 3.01. The van der Waals surface area contributed by atoms with Gasteiger partial charge >= 0.3 is 0 Å². The number of rotatable bonds is 8. The molecular weight excluding hydrogens is 210 g/mol. The summed E-state index contributed by atoms with van der Waals surface area (Å²) in [5.41, 5.74) is 0. The first-order valence-corrected chi connectivity index (χ1v) is 6.51. The van der Waals surface area contributed by atoms with E-state index in [1.807, 2.05) is 6.92 Å². The molecule has 0 spiro atoms. The summed E-state index contributed by atoms with van der Waals surface area (Å²) in [6.45, 7) is 6.55. The van der Waals surface area contributed by atoms with Crippen molar-refractivity contribution in [3.05, 3.63) is 0 Å². The number of carbonyl (C=O) groups is 2. The van der Waals surface area contributed by atoms with Crippen molar-refractivity contribution in [2.75, 3.05) is 12.3 Å². The standard InChI is InChI=1S/C11H21NO2S/c1-4-10(13)5-7-12-11(14)6-8-15-9(2)3/h9H,4-8H2,1-3H3,(H,12,14). The monoisotopic (exact) mass is 231 g/mol. The lowest BCUT2D eigenvalue weighted by Crippen LogP contribution is -2.26. The number of carbonyl (C=O) groups excluding carboxylic acids is 2. The molecule has 0 aliphatic rings. The Bertz CT molecular complexity index is 205. The lowest BCUT2D eigenvalue weighted by Gasteiger charge is -2.05. The average Bonchev–Trinajstić information content (AvgIpc) is 2.17. The molecule has 0 fully saturated rings. The van der Waals surface area contributed by atoms with E-state index in [0.29, 0.717) is 31.1 Å². The summed E-state index contributed by atoms with van der Waals surface area (Å²) in [5.74, 6) is 1.10. The first kappa shape index (κ1) is 14.5. The largest absolute Gasteiger partial charge is 0.356 e. The second-order valence-electron chi connectivity index (χ2n) is 3.66. The molecule has 0 heterocycles. The molecule has 0 aromatic rings. The van der Waals surface area contributed by atoms with Gasteiger partial charge in [0.1, 0.15) is 5.78 Å². The van der Waals surface area contributed by atoms with E-state index >= 15 is 0 Å². The van der Waals surface area contributed by atoms with Gasteiger partial charge in [-0.1, -0.05) is 20.8 Å². The molecule has 88 valence electrons. The van der Waals surface area contributed by atoms with Gasteiger partial charge in [0, 0.05) is 31.6 Å². The number of amides is 1. The third kappa shape index (κ3) is 9.79. The van der Waals surface area contributed by atoms with Crippen LogP contribution in [-0.4, -0.2) is 29.2 Å². The zero-order valence-corrected chi connectivity index (χ0v) is 10.7. The Morgan fingerprint density at radius 2 is 1.93 bits per heavy atom. The first-order chi connectivity index (χ1) is 7.06. The summed E-state index contributed by atoms with van der Waals surface area (Å²) in [5, 5.41) is 3.32. The van der Waals surface area contributed by atoms with Crippen LogP contribution in [0.25, 0.3) is 0 Å². The Labute approximate surface area is 96.4 Å². The van der Waals surface area contributed by atoms with Gasteiger partial charge < -0.3 is 5.32 Å². The number of Topliss-reactive ketones (excluding diaryl/α,β-unsaturated/α-hetero) is 1.